The Morgan fingerprint density at radius 3 is 2.59 bits per heavy atom. The highest BCUT2D eigenvalue weighted by atomic mass is 19.4. The number of nitrogens with one attached hydrogen (secondary N) is 1. The highest BCUT2D eigenvalue weighted by molar-refractivity contribution is 6.04. The normalized spacial score (nSPS) is 15.2. The van der Waals surface area contributed by atoms with Gasteiger partial charge in [-0.1, -0.05) is 12.1 Å². The highest BCUT2D eigenvalue weighted by Gasteiger charge is 2.32. The van der Waals surface area contributed by atoms with Gasteiger partial charge in [0.2, 0.25) is 0 Å². The van der Waals surface area contributed by atoms with E-state index in [2.05, 4.69) is 10.2 Å². The highest BCUT2D eigenvalue weighted by Crippen LogP contribution is 2.40. The number of esters is 1. The van der Waals surface area contributed by atoms with E-state index in [-0.39, 0.29) is 29.7 Å². The molecule has 2 heterocycles. The van der Waals surface area contributed by atoms with E-state index in [4.69, 9.17) is 11.3 Å². The summed E-state index contributed by atoms with van der Waals surface area (Å²) in [5.41, 5.74) is -0.902. The molecule has 2 N–H and O–H groups in total. The fraction of sp³-hybridized carbons (Fsp3) is 0.227. The average molecular weight is 443 g/mol. The molecular weight excluding hydrogens is 427 g/mol. The first-order valence-corrected chi connectivity index (χ1v) is 9.57. The second-order valence-electron chi connectivity index (χ2n) is 7.18. The summed E-state index contributed by atoms with van der Waals surface area (Å²) in [4.78, 5) is 28.8. The number of carbonyl (C=O) groups is 1. The predicted molar refractivity (Wildman–Crippen MR) is 110 cm³/mol. The summed E-state index contributed by atoms with van der Waals surface area (Å²) in [6.07, 6.45) is -4.48. The molecule has 1 unspecified atom stereocenters. The van der Waals surface area contributed by atoms with E-state index in [1.54, 1.807) is 6.92 Å². The molecule has 164 valence electrons. The van der Waals surface area contributed by atoms with Crippen LogP contribution in [0.2, 0.25) is 0 Å². The SMILES string of the molecule is [C-]#[N+]c1cc2c3c(c1)c(O)c(C(=O)OCC)c(=O)n3CC(c1ccc(C(F)(F)F)cc1)N2. The van der Waals surface area contributed by atoms with Crippen LogP contribution in [0.3, 0.4) is 0 Å². The van der Waals surface area contributed by atoms with Crippen LogP contribution in [0.5, 0.6) is 5.75 Å². The molecule has 1 aliphatic rings. The van der Waals surface area contributed by atoms with Gasteiger partial charge in [-0.05, 0) is 36.8 Å². The van der Waals surface area contributed by atoms with Crippen molar-refractivity contribution in [1.29, 1.82) is 0 Å². The van der Waals surface area contributed by atoms with Gasteiger partial charge in [-0.15, -0.1) is 0 Å². The molecule has 7 nitrogen and oxygen atoms in total. The van der Waals surface area contributed by atoms with Crippen LogP contribution in [-0.4, -0.2) is 22.2 Å². The van der Waals surface area contributed by atoms with Crippen LogP contribution < -0.4 is 10.9 Å². The number of aromatic nitrogens is 1. The Balaban J connectivity index is 1.90. The molecule has 1 aromatic heterocycles. The number of carbonyl (C=O) groups excluding carboxylic acids is 1. The fourth-order valence-electron chi connectivity index (χ4n) is 3.81. The van der Waals surface area contributed by atoms with E-state index >= 15 is 0 Å². The van der Waals surface area contributed by atoms with Crippen molar-refractivity contribution in [1.82, 2.24) is 4.57 Å². The third kappa shape index (κ3) is 3.41. The number of hydrogen-bond donors (Lipinski definition) is 2. The standard InChI is InChI=1S/C22H16F3N3O4/c1-3-32-21(31)17-19(29)14-8-13(26-2)9-15-18(14)28(20(17)30)10-16(27-15)11-4-6-12(7-5-11)22(23,24)25/h4-9,16,27,29H,3,10H2,1H3. The number of alkyl halides is 3. The van der Waals surface area contributed by atoms with Gasteiger partial charge in [0.25, 0.3) is 5.56 Å². The molecular formula is C22H16F3N3O4. The molecule has 4 rings (SSSR count). The quantitative estimate of drug-likeness (QED) is 0.456. The minimum atomic E-state index is -4.48. The van der Waals surface area contributed by atoms with Gasteiger partial charge in [0.15, 0.2) is 11.3 Å². The lowest BCUT2D eigenvalue weighted by Gasteiger charge is -2.30. The van der Waals surface area contributed by atoms with Crippen LogP contribution in [0.25, 0.3) is 15.7 Å². The molecule has 0 bridgehead atoms. The first-order valence-electron chi connectivity index (χ1n) is 9.57. The smallest absolute Gasteiger partial charge is 0.416 e. The number of hydrogen-bond acceptors (Lipinski definition) is 5. The maximum Gasteiger partial charge on any atom is 0.416 e. The Labute approximate surface area is 179 Å². The molecule has 0 aliphatic carbocycles. The summed E-state index contributed by atoms with van der Waals surface area (Å²) in [5.74, 6) is -1.58. The van der Waals surface area contributed by atoms with Gasteiger partial charge in [0, 0.05) is 11.1 Å². The van der Waals surface area contributed by atoms with Crippen molar-refractivity contribution in [3.63, 3.8) is 0 Å². The first kappa shape index (κ1) is 21.2. The van der Waals surface area contributed by atoms with E-state index in [1.807, 2.05) is 0 Å². The second-order valence-corrected chi connectivity index (χ2v) is 7.18. The Morgan fingerprint density at radius 2 is 2.00 bits per heavy atom. The van der Waals surface area contributed by atoms with Gasteiger partial charge < -0.3 is 19.7 Å². The van der Waals surface area contributed by atoms with Crippen LogP contribution in [0.1, 0.15) is 34.5 Å². The molecule has 0 fully saturated rings. The topological polar surface area (TPSA) is 84.9 Å². The van der Waals surface area contributed by atoms with Crippen LogP contribution in [0, 0.1) is 6.57 Å². The Morgan fingerprint density at radius 1 is 1.31 bits per heavy atom. The molecule has 32 heavy (non-hydrogen) atoms. The van der Waals surface area contributed by atoms with Gasteiger partial charge in [-0.25, -0.2) is 9.64 Å². The van der Waals surface area contributed by atoms with Crippen molar-refractivity contribution in [2.75, 3.05) is 11.9 Å². The lowest BCUT2D eigenvalue weighted by molar-refractivity contribution is -0.137. The zero-order chi connectivity index (χ0) is 23.2. The summed E-state index contributed by atoms with van der Waals surface area (Å²) in [5, 5.41) is 13.9. The molecule has 10 heteroatoms. The number of aromatic hydroxyl groups is 1. The summed E-state index contributed by atoms with van der Waals surface area (Å²) in [6.45, 7) is 8.85. The van der Waals surface area contributed by atoms with Crippen molar-refractivity contribution in [2.45, 2.75) is 25.7 Å². The maximum absolute atomic E-state index is 13.1. The molecule has 0 saturated carbocycles. The summed E-state index contributed by atoms with van der Waals surface area (Å²) in [6, 6.07) is 6.72. The van der Waals surface area contributed by atoms with Crippen molar-refractivity contribution < 1.29 is 27.8 Å². The third-order valence-corrected chi connectivity index (χ3v) is 5.26. The summed E-state index contributed by atoms with van der Waals surface area (Å²) < 4.78 is 44.9. The fourth-order valence-corrected chi connectivity index (χ4v) is 3.81. The zero-order valence-corrected chi connectivity index (χ0v) is 16.7. The van der Waals surface area contributed by atoms with Crippen molar-refractivity contribution in [3.05, 3.63) is 74.9 Å². The van der Waals surface area contributed by atoms with E-state index < -0.39 is 40.6 Å². The minimum absolute atomic E-state index is 0.0151. The monoisotopic (exact) mass is 443 g/mol. The second kappa shape index (κ2) is 7.60. The van der Waals surface area contributed by atoms with E-state index in [1.165, 1.54) is 28.8 Å². The Hall–Kier alpha value is -4.00. The van der Waals surface area contributed by atoms with Crippen molar-refractivity contribution in [2.24, 2.45) is 0 Å². The molecule has 0 spiro atoms. The van der Waals surface area contributed by atoms with Gasteiger partial charge in [0.05, 0.1) is 36.8 Å². The van der Waals surface area contributed by atoms with E-state index in [0.29, 0.717) is 11.3 Å². The predicted octanol–water partition coefficient (Wildman–Crippen LogP) is 4.62. The lowest BCUT2D eigenvalue weighted by Crippen LogP contribution is -2.34. The summed E-state index contributed by atoms with van der Waals surface area (Å²) >= 11 is 0. The number of benzene rings is 2. The zero-order valence-electron chi connectivity index (χ0n) is 16.7. The van der Waals surface area contributed by atoms with Crippen LogP contribution in [0.4, 0.5) is 24.5 Å². The summed E-state index contributed by atoms with van der Waals surface area (Å²) in [7, 11) is 0. The Kier molecular flexibility index (Phi) is 5.05. The molecule has 0 amide bonds. The maximum atomic E-state index is 13.1. The average Bonchev–Trinajstić information content (AvgIpc) is 2.76. The van der Waals surface area contributed by atoms with Crippen molar-refractivity contribution >= 4 is 28.2 Å². The third-order valence-electron chi connectivity index (χ3n) is 5.26. The van der Waals surface area contributed by atoms with Crippen LogP contribution in [-0.2, 0) is 17.5 Å². The minimum Gasteiger partial charge on any atom is -0.506 e. The van der Waals surface area contributed by atoms with Gasteiger partial charge in [0.1, 0.15) is 5.75 Å². The first-order chi connectivity index (χ1) is 15.2. The van der Waals surface area contributed by atoms with Crippen LogP contribution in [0.15, 0.2) is 41.2 Å². The molecule has 1 aliphatic heterocycles. The van der Waals surface area contributed by atoms with Crippen molar-refractivity contribution in [3.8, 4) is 5.75 Å². The number of anilines is 1. The molecule has 3 aromatic rings. The van der Waals surface area contributed by atoms with Gasteiger partial charge in [-0.2, -0.15) is 13.2 Å². The molecule has 0 saturated heterocycles. The van der Waals surface area contributed by atoms with Crippen LogP contribution >= 0.6 is 0 Å². The van der Waals surface area contributed by atoms with Gasteiger partial charge >= 0.3 is 12.1 Å². The number of halogens is 3. The largest absolute Gasteiger partial charge is 0.506 e. The number of pyridine rings is 1. The molecule has 1 atom stereocenters. The van der Waals surface area contributed by atoms with E-state index in [9.17, 15) is 27.9 Å². The Bertz CT molecular complexity index is 1340. The number of nitrogens with zero attached hydrogens (tertiary/aromatic N) is 2. The molecule has 2 aromatic carbocycles. The molecule has 0 radical (unpaired) electrons. The lowest BCUT2D eigenvalue weighted by atomic mass is 9.99. The van der Waals surface area contributed by atoms with Gasteiger partial charge in [-0.3, -0.25) is 4.79 Å². The van der Waals surface area contributed by atoms with E-state index in [0.717, 1.165) is 12.1 Å². The number of rotatable bonds is 3. The number of ether oxygens (including phenoxy) is 1.